The minimum Gasteiger partial charge on any atom is -0.457 e. The number of quaternary nitrogens is 1. The van der Waals surface area contributed by atoms with Gasteiger partial charge in [0.25, 0.3) is 0 Å². The van der Waals surface area contributed by atoms with Crippen LogP contribution in [0.25, 0.3) is 0 Å². The van der Waals surface area contributed by atoms with Crippen LogP contribution in [0, 0.1) is 0 Å². The molecule has 0 aliphatic carbocycles. The quantitative estimate of drug-likeness (QED) is 0.0218. The molecule has 318 valence electrons. The van der Waals surface area contributed by atoms with Gasteiger partial charge in [-0.1, -0.05) is 145 Å². The second-order valence-corrected chi connectivity index (χ2v) is 16.8. The second kappa shape index (κ2) is 38.8. The minimum atomic E-state index is -4.29. The molecule has 0 rings (SSSR count). The number of carbonyl (C=O) groups is 1. The highest BCUT2D eigenvalue weighted by atomic mass is 31.2. The lowest BCUT2D eigenvalue weighted by atomic mass is 10.1. The smallest absolute Gasteiger partial charge is 0.457 e. The third-order valence-corrected chi connectivity index (χ3v) is 9.74. The van der Waals surface area contributed by atoms with Crippen LogP contribution in [-0.4, -0.2) is 75.6 Å². The molecule has 0 saturated carbocycles. The number of likely N-dealkylation sites (N-methyl/N-ethyl adjacent to an activating group) is 1. The molecule has 0 radical (unpaired) electrons. The molecule has 0 spiro atoms. The number of phosphoric ester groups is 1. The number of hydrogen-bond donors (Lipinski definition) is 1. The van der Waals surface area contributed by atoms with Gasteiger partial charge in [0.05, 0.1) is 34.4 Å². The lowest BCUT2D eigenvalue weighted by Gasteiger charge is -2.24. The van der Waals surface area contributed by atoms with E-state index in [2.05, 4.69) is 86.8 Å². The fraction of sp³-hybridized carbons (Fsp3) is 0.717. The topological polar surface area (TPSA) is 91.3 Å². The molecular formula is C46H83NO7P+. The Bertz CT molecular complexity index is 1110. The summed E-state index contributed by atoms with van der Waals surface area (Å²) in [6, 6.07) is 0. The molecule has 0 saturated heterocycles. The summed E-state index contributed by atoms with van der Waals surface area (Å²) >= 11 is 0. The number of ether oxygens (including phenoxy) is 2. The van der Waals surface area contributed by atoms with Gasteiger partial charge in [-0.25, -0.2) is 4.57 Å². The van der Waals surface area contributed by atoms with Crippen molar-refractivity contribution in [3.05, 3.63) is 72.9 Å². The fourth-order valence-corrected chi connectivity index (χ4v) is 6.15. The van der Waals surface area contributed by atoms with Crippen molar-refractivity contribution in [3.63, 3.8) is 0 Å². The Labute approximate surface area is 338 Å². The van der Waals surface area contributed by atoms with Crippen LogP contribution in [0.5, 0.6) is 0 Å². The summed E-state index contributed by atoms with van der Waals surface area (Å²) in [4.78, 5) is 22.9. The summed E-state index contributed by atoms with van der Waals surface area (Å²) in [6.45, 7) is 5.31. The number of hydrogen-bond acceptors (Lipinski definition) is 6. The van der Waals surface area contributed by atoms with E-state index >= 15 is 0 Å². The SMILES string of the molecule is CC/C=C\C/C=C\C/C=C\C/C=C\CCCOCC(COP(=O)(O)OCC[N+](C)(C)C)OC(=O)CCCCCCCCCCC/C=C\C/C=C\CCCCC. The highest BCUT2D eigenvalue weighted by Crippen LogP contribution is 2.43. The molecule has 0 aromatic carbocycles. The van der Waals surface area contributed by atoms with Crippen molar-refractivity contribution >= 4 is 13.8 Å². The Morgan fingerprint density at radius 3 is 1.58 bits per heavy atom. The molecule has 8 nitrogen and oxygen atoms in total. The predicted molar refractivity (Wildman–Crippen MR) is 233 cm³/mol. The van der Waals surface area contributed by atoms with Crippen molar-refractivity contribution in [1.29, 1.82) is 0 Å². The Kier molecular flexibility index (Phi) is 37.3. The van der Waals surface area contributed by atoms with Crippen molar-refractivity contribution in [2.75, 3.05) is 54.1 Å². The van der Waals surface area contributed by atoms with Crippen molar-refractivity contribution < 1.29 is 37.3 Å². The largest absolute Gasteiger partial charge is 0.472 e. The van der Waals surface area contributed by atoms with Gasteiger partial charge in [-0.2, -0.15) is 0 Å². The highest BCUT2D eigenvalue weighted by Gasteiger charge is 2.26. The standard InChI is InChI=1S/C46H82NO7P/c1-6-8-10-12-14-16-18-20-22-23-24-25-26-27-29-31-33-35-37-39-46(48)54-45(44-53-55(49,50)52-42-40-47(3,4)5)43-51-41-38-36-34-32-30-28-21-19-17-15-13-11-9-7-2/h9,11,14-17,20-22,28,32,34,45H,6-8,10,12-13,18-19,23-27,29-31,33,35-44H2,1-5H3/p+1/b11-9-,16-14-,17-15-,22-20-,28-21-,34-32-. The molecule has 2 unspecified atom stereocenters. The highest BCUT2D eigenvalue weighted by molar-refractivity contribution is 7.47. The Hall–Kier alpha value is -2.06. The van der Waals surface area contributed by atoms with Gasteiger partial charge in [0.15, 0.2) is 0 Å². The number of phosphoric acid groups is 1. The third-order valence-electron chi connectivity index (χ3n) is 8.75. The first-order valence-corrected chi connectivity index (χ1v) is 23.2. The van der Waals surface area contributed by atoms with Crippen molar-refractivity contribution in [2.45, 2.75) is 161 Å². The molecule has 1 N–H and O–H groups in total. The first-order valence-electron chi connectivity index (χ1n) is 21.7. The summed E-state index contributed by atoms with van der Waals surface area (Å²) in [6.07, 6.45) is 49.5. The third kappa shape index (κ3) is 42.9. The van der Waals surface area contributed by atoms with Crippen LogP contribution in [0.15, 0.2) is 72.9 Å². The van der Waals surface area contributed by atoms with Crippen LogP contribution in [0.4, 0.5) is 0 Å². The molecule has 2 atom stereocenters. The summed E-state index contributed by atoms with van der Waals surface area (Å²) in [5.74, 6) is -0.340. The van der Waals surface area contributed by atoms with E-state index in [0.717, 1.165) is 64.2 Å². The predicted octanol–water partition coefficient (Wildman–Crippen LogP) is 12.7. The normalized spacial score (nSPS) is 14.5. The molecule has 0 aromatic heterocycles. The van der Waals surface area contributed by atoms with Crippen LogP contribution in [0.3, 0.4) is 0 Å². The first-order chi connectivity index (χ1) is 26.6. The first kappa shape index (κ1) is 52.9. The van der Waals surface area contributed by atoms with E-state index in [1.54, 1.807) is 0 Å². The maximum atomic E-state index is 12.7. The average molecular weight is 793 g/mol. The molecule has 0 aliphatic heterocycles. The maximum absolute atomic E-state index is 12.7. The van der Waals surface area contributed by atoms with Crippen LogP contribution < -0.4 is 0 Å². The van der Waals surface area contributed by atoms with E-state index in [0.29, 0.717) is 24.1 Å². The lowest BCUT2D eigenvalue weighted by Crippen LogP contribution is -2.37. The van der Waals surface area contributed by atoms with Crippen LogP contribution >= 0.6 is 7.82 Å². The number of esters is 1. The Morgan fingerprint density at radius 2 is 1.05 bits per heavy atom. The molecule has 0 fully saturated rings. The number of allylic oxidation sites excluding steroid dienone is 12. The van der Waals surface area contributed by atoms with Crippen LogP contribution in [-0.2, 0) is 27.9 Å². The number of rotatable bonds is 39. The zero-order valence-corrected chi connectivity index (χ0v) is 36.8. The van der Waals surface area contributed by atoms with Gasteiger partial charge in [0, 0.05) is 13.0 Å². The van der Waals surface area contributed by atoms with Crippen LogP contribution in [0.1, 0.15) is 155 Å². The Morgan fingerprint density at radius 1 is 0.582 bits per heavy atom. The summed E-state index contributed by atoms with van der Waals surface area (Å²) in [5, 5.41) is 0. The molecule has 0 aromatic rings. The minimum absolute atomic E-state index is 0.0741. The van der Waals surface area contributed by atoms with E-state index in [1.807, 2.05) is 21.1 Å². The summed E-state index contributed by atoms with van der Waals surface area (Å²) < 4.78 is 34.9. The fourth-order valence-electron chi connectivity index (χ4n) is 5.41. The molecule has 0 heterocycles. The monoisotopic (exact) mass is 793 g/mol. The summed E-state index contributed by atoms with van der Waals surface area (Å²) in [7, 11) is 1.62. The van der Waals surface area contributed by atoms with Gasteiger partial charge in [-0.05, 0) is 77.0 Å². The zero-order chi connectivity index (χ0) is 40.6. The summed E-state index contributed by atoms with van der Waals surface area (Å²) in [5.41, 5.74) is 0. The van der Waals surface area contributed by atoms with Crippen molar-refractivity contribution in [1.82, 2.24) is 0 Å². The molecule has 0 bridgehead atoms. The number of carbonyl (C=O) groups excluding carboxylic acids is 1. The van der Waals surface area contributed by atoms with Gasteiger partial charge >= 0.3 is 13.8 Å². The van der Waals surface area contributed by atoms with E-state index in [9.17, 15) is 14.3 Å². The zero-order valence-electron chi connectivity index (χ0n) is 35.9. The number of nitrogens with zero attached hydrogens (tertiary/aromatic N) is 1. The maximum Gasteiger partial charge on any atom is 0.472 e. The molecular weight excluding hydrogens is 709 g/mol. The lowest BCUT2D eigenvalue weighted by molar-refractivity contribution is -0.870. The van der Waals surface area contributed by atoms with Crippen molar-refractivity contribution in [3.8, 4) is 0 Å². The van der Waals surface area contributed by atoms with Gasteiger partial charge in [0.1, 0.15) is 19.3 Å². The molecule has 55 heavy (non-hydrogen) atoms. The second-order valence-electron chi connectivity index (χ2n) is 15.3. The van der Waals surface area contributed by atoms with Gasteiger partial charge in [-0.3, -0.25) is 13.8 Å². The molecule has 0 aliphatic rings. The number of unbranched alkanes of at least 4 members (excludes halogenated alkanes) is 13. The van der Waals surface area contributed by atoms with E-state index in [-0.39, 0.29) is 25.8 Å². The molecule has 0 amide bonds. The van der Waals surface area contributed by atoms with Crippen LogP contribution in [0.2, 0.25) is 0 Å². The van der Waals surface area contributed by atoms with E-state index < -0.39 is 13.9 Å². The Balaban J connectivity index is 4.32. The average Bonchev–Trinajstić information content (AvgIpc) is 3.13. The van der Waals surface area contributed by atoms with E-state index in [4.69, 9.17) is 18.5 Å². The molecule has 9 heteroatoms. The van der Waals surface area contributed by atoms with E-state index in [1.165, 1.54) is 70.6 Å². The van der Waals surface area contributed by atoms with Gasteiger partial charge in [0.2, 0.25) is 0 Å². The van der Waals surface area contributed by atoms with Crippen molar-refractivity contribution in [2.24, 2.45) is 0 Å². The van der Waals surface area contributed by atoms with Gasteiger partial charge in [-0.15, -0.1) is 0 Å². The van der Waals surface area contributed by atoms with Gasteiger partial charge < -0.3 is 18.9 Å².